The molecule has 1 aromatic heterocycles. The minimum absolute atomic E-state index is 0.0805. The van der Waals surface area contributed by atoms with Crippen molar-refractivity contribution in [1.29, 1.82) is 0 Å². The lowest BCUT2D eigenvalue weighted by Crippen LogP contribution is -2.54. The molecule has 2 aromatic carbocycles. The molecule has 0 spiro atoms. The zero-order valence-electron chi connectivity index (χ0n) is 17.8. The maximum absolute atomic E-state index is 10.2. The third-order valence-electron chi connectivity index (χ3n) is 7.86. The molecule has 154 valence electrons. The van der Waals surface area contributed by atoms with Crippen LogP contribution in [0.4, 0.5) is 0 Å². The SMILES string of the molecule is Cc1ccc2nc3c(cc2c1)C[C@H]1CN(CC2CC2)CC[C@@]1(c1cccc(O)c1)C3. The smallest absolute Gasteiger partial charge is 0.115 e. The molecule has 3 heteroatoms. The summed E-state index contributed by atoms with van der Waals surface area (Å²) in [5, 5.41) is 11.5. The van der Waals surface area contributed by atoms with Gasteiger partial charge in [-0.2, -0.15) is 0 Å². The van der Waals surface area contributed by atoms with E-state index in [0.717, 1.165) is 43.8 Å². The van der Waals surface area contributed by atoms with Gasteiger partial charge in [-0.05, 0) is 92.4 Å². The number of aromatic hydroxyl groups is 1. The topological polar surface area (TPSA) is 36.4 Å². The molecule has 0 radical (unpaired) electrons. The van der Waals surface area contributed by atoms with Crippen molar-refractivity contribution in [1.82, 2.24) is 9.88 Å². The number of pyridine rings is 1. The Hall–Kier alpha value is -2.39. The van der Waals surface area contributed by atoms with Crippen LogP contribution in [-0.2, 0) is 18.3 Å². The highest BCUT2D eigenvalue weighted by Gasteiger charge is 2.48. The van der Waals surface area contributed by atoms with Gasteiger partial charge in [0.1, 0.15) is 5.75 Å². The van der Waals surface area contributed by atoms with Gasteiger partial charge >= 0.3 is 0 Å². The molecule has 2 atom stereocenters. The predicted octanol–water partition coefficient (Wildman–Crippen LogP) is 5.02. The molecule has 1 saturated carbocycles. The lowest BCUT2D eigenvalue weighted by atomic mass is 9.58. The summed E-state index contributed by atoms with van der Waals surface area (Å²) in [4.78, 5) is 7.86. The number of phenolic OH excluding ortho intramolecular Hbond substituents is 1. The Balaban J connectivity index is 1.44. The van der Waals surface area contributed by atoms with Crippen LogP contribution in [0.3, 0.4) is 0 Å². The number of benzene rings is 2. The second-order valence-electron chi connectivity index (χ2n) is 10.0. The van der Waals surface area contributed by atoms with E-state index in [1.54, 1.807) is 6.07 Å². The van der Waals surface area contributed by atoms with Gasteiger partial charge < -0.3 is 10.0 Å². The first kappa shape index (κ1) is 18.4. The number of hydrogen-bond donors (Lipinski definition) is 1. The summed E-state index contributed by atoms with van der Waals surface area (Å²) in [6.45, 7) is 5.75. The summed E-state index contributed by atoms with van der Waals surface area (Å²) < 4.78 is 0. The average molecular weight is 399 g/mol. The van der Waals surface area contributed by atoms with Crippen LogP contribution >= 0.6 is 0 Å². The first-order valence-corrected chi connectivity index (χ1v) is 11.5. The minimum atomic E-state index is 0.0805. The maximum atomic E-state index is 10.2. The summed E-state index contributed by atoms with van der Waals surface area (Å²) >= 11 is 0. The number of rotatable bonds is 3. The van der Waals surface area contributed by atoms with Crippen LogP contribution in [0.1, 0.15) is 41.6 Å². The quantitative estimate of drug-likeness (QED) is 0.673. The fourth-order valence-corrected chi connectivity index (χ4v) is 6.03. The van der Waals surface area contributed by atoms with Crippen molar-refractivity contribution in [3.05, 3.63) is 70.9 Å². The van der Waals surface area contributed by atoms with E-state index in [4.69, 9.17) is 4.98 Å². The van der Waals surface area contributed by atoms with E-state index < -0.39 is 0 Å². The van der Waals surface area contributed by atoms with Gasteiger partial charge in [0.05, 0.1) is 5.52 Å². The average Bonchev–Trinajstić information content (AvgIpc) is 3.55. The van der Waals surface area contributed by atoms with Gasteiger partial charge in [-0.3, -0.25) is 4.98 Å². The van der Waals surface area contributed by atoms with Crippen molar-refractivity contribution in [2.75, 3.05) is 19.6 Å². The summed E-state index contributed by atoms with van der Waals surface area (Å²) in [6.07, 6.45) is 6.05. The number of fused-ring (bicyclic) bond motifs is 3. The Bertz CT molecular complexity index is 1120. The molecule has 0 amide bonds. The van der Waals surface area contributed by atoms with E-state index >= 15 is 0 Å². The monoisotopic (exact) mass is 398 g/mol. The predicted molar refractivity (Wildman–Crippen MR) is 121 cm³/mol. The standard InChI is InChI=1S/C27H30N2O/c1-18-5-8-25-20(11-18)12-21-13-23-17-29(16-19-6-7-19)10-9-27(23,15-26(21)28-25)22-3-2-4-24(30)14-22/h2-5,8,11-12,14,19,23,30H,6-7,9-10,13,15-17H2,1H3/t23-,27-/m0/s1. The van der Waals surface area contributed by atoms with Gasteiger partial charge in [-0.15, -0.1) is 0 Å². The molecule has 2 fully saturated rings. The van der Waals surface area contributed by atoms with Crippen molar-refractivity contribution in [2.45, 2.75) is 44.4 Å². The van der Waals surface area contributed by atoms with Gasteiger partial charge in [0.15, 0.2) is 0 Å². The normalized spacial score (nSPS) is 26.4. The largest absolute Gasteiger partial charge is 0.508 e. The highest BCUT2D eigenvalue weighted by molar-refractivity contribution is 5.80. The van der Waals surface area contributed by atoms with Gasteiger partial charge in [-0.25, -0.2) is 0 Å². The Morgan fingerprint density at radius 1 is 1.13 bits per heavy atom. The van der Waals surface area contributed by atoms with Crippen LogP contribution in [0, 0.1) is 18.8 Å². The van der Waals surface area contributed by atoms with E-state index in [0.29, 0.717) is 11.7 Å². The lowest BCUT2D eigenvalue weighted by molar-refractivity contribution is 0.0777. The van der Waals surface area contributed by atoms with E-state index in [1.165, 1.54) is 47.2 Å². The molecule has 2 aliphatic carbocycles. The Morgan fingerprint density at radius 3 is 2.87 bits per heavy atom. The van der Waals surface area contributed by atoms with Gasteiger partial charge in [-0.1, -0.05) is 23.8 Å². The molecular formula is C27H30N2O. The van der Waals surface area contributed by atoms with Crippen LogP contribution in [0.15, 0.2) is 48.5 Å². The highest BCUT2D eigenvalue weighted by atomic mass is 16.3. The zero-order chi connectivity index (χ0) is 20.3. The van der Waals surface area contributed by atoms with E-state index in [2.05, 4.69) is 42.2 Å². The number of phenols is 1. The number of nitrogens with zero attached hydrogens (tertiary/aromatic N) is 2. The van der Waals surface area contributed by atoms with Crippen molar-refractivity contribution in [3.8, 4) is 5.75 Å². The van der Waals surface area contributed by atoms with Crippen molar-refractivity contribution in [2.24, 2.45) is 11.8 Å². The molecule has 1 aliphatic heterocycles. The molecule has 1 N–H and O–H groups in total. The molecule has 30 heavy (non-hydrogen) atoms. The summed E-state index contributed by atoms with van der Waals surface area (Å²) in [5.74, 6) is 1.89. The van der Waals surface area contributed by atoms with Crippen LogP contribution in [0.5, 0.6) is 5.75 Å². The van der Waals surface area contributed by atoms with E-state index in [1.807, 2.05) is 12.1 Å². The molecule has 3 aromatic rings. The zero-order valence-corrected chi connectivity index (χ0v) is 17.8. The van der Waals surface area contributed by atoms with Crippen LogP contribution in [0.25, 0.3) is 10.9 Å². The third kappa shape index (κ3) is 3.11. The van der Waals surface area contributed by atoms with Gasteiger partial charge in [0.25, 0.3) is 0 Å². The summed E-state index contributed by atoms with van der Waals surface area (Å²) in [5.41, 5.74) is 6.48. The molecule has 1 saturated heterocycles. The Morgan fingerprint density at radius 2 is 2.03 bits per heavy atom. The number of aryl methyl sites for hydroxylation is 1. The molecule has 2 heterocycles. The Kier molecular flexibility index (Phi) is 4.18. The fourth-order valence-electron chi connectivity index (χ4n) is 6.03. The van der Waals surface area contributed by atoms with Crippen LogP contribution < -0.4 is 0 Å². The molecule has 3 nitrogen and oxygen atoms in total. The second kappa shape index (κ2) is 6.81. The third-order valence-corrected chi connectivity index (χ3v) is 7.86. The van der Waals surface area contributed by atoms with Crippen molar-refractivity contribution >= 4 is 10.9 Å². The summed E-state index contributed by atoms with van der Waals surface area (Å²) in [6, 6.07) is 17.0. The number of piperidine rings is 1. The van der Waals surface area contributed by atoms with Crippen molar-refractivity contribution in [3.63, 3.8) is 0 Å². The van der Waals surface area contributed by atoms with Crippen LogP contribution in [-0.4, -0.2) is 34.6 Å². The fraction of sp³-hybridized carbons (Fsp3) is 0.444. The second-order valence-corrected chi connectivity index (χ2v) is 10.0. The molecule has 6 rings (SSSR count). The molecular weight excluding hydrogens is 368 g/mol. The van der Waals surface area contributed by atoms with Gasteiger partial charge in [0.2, 0.25) is 0 Å². The van der Waals surface area contributed by atoms with E-state index in [9.17, 15) is 5.11 Å². The molecule has 3 aliphatic rings. The first-order valence-electron chi connectivity index (χ1n) is 11.5. The minimum Gasteiger partial charge on any atom is -0.508 e. The molecule has 0 bridgehead atoms. The van der Waals surface area contributed by atoms with Crippen LogP contribution in [0.2, 0.25) is 0 Å². The first-order chi connectivity index (χ1) is 14.6. The lowest BCUT2D eigenvalue weighted by Gasteiger charge is -2.51. The highest BCUT2D eigenvalue weighted by Crippen LogP contribution is 2.49. The summed E-state index contributed by atoms with van der Waals surface area (Å²) in [7, 11) is 0. The Labute approximate surface area is 178 Å². The van der Waals surface area contributed by atoms with Gasteiger partial charge in [0, 0.05) is 36.0 Å². The molecule has 0 unspecified atom stereocenters. The number of aromatic nitrogens is 1. The van der Waals surface area contributed by atoms with E-state index in [-0.39, 0.29) is 5.41 Å². The van der Waals surface area contributed by atoms with Crippen molar-refractivity contribution < 1.29 is 5.11 Å². The maximum Gasteiger partial charge on any atom is 0.115 e. The number of likely N-dealkylation sites (tertiary alicyclic amines) is 1. The number of hydrogen-bond acceptors (Lipinski definition) is 3.